The van der Waals surface area contributed by atoms with Crippen molar-refractivity contribution in [2.75, 3.05) is 6.61 Å². The van der Waals surface area contributed by atoms with Crippen LogP contribution in [0.4, 0.5) is 0 Å². The summed E-state index contributed by atoms with van der Waals surface area (Å²) in [6.45, 7) is 1.22. The molecule has 128 valence electrons. The second-order valence-corrected chi connectivity index (χ2v) is 6.61. The van der Waals surface area contributed by atoms with Gasteiger partial charge in [0, 0.05) is 5.39 Å². The van der Waals surface area contributed by atoms with E-state index in [1.54, 1.807) is 31.2 Å². The van der Waals surface area contributed by atoms with Crippen LogP contribution in [0.2, 0.25) is 5.15 Å². The van der Waals surface area contributed by atoms with Gasteiger partial charge in [0.15, 0.2) is 6.61 Å². The van der Waals surface area contributed by atoms with Gasteiger partial charge in [-0.1, -0.05) is 29.8 Å². The number of hydrogen-bond acceptors (Lipinski definition) is 5. The largest absolute Gasteiger partial charge is 0.452 e. The maximum absolute atomic E-state index is 12.3. The highest BCUT2D eigenvalue weighted by molar-refractivity contribution is 6.30. The molecule has 6 nitrogen and oxygen atoms in total. The van der Waals surface area contributed by atoms with Crippen LogP contribution >= 0.6 is 11.6 Å². The fourth-order valence-electron chi connectivity index (χ4n) is 2.73. The molecule has 1 aliphatic carbocycles. The Bertz CT molecular complexity index is 889. The number of nitrogens with zero attached hydrogens (tertiary/aromatic N) is 2. The zero-order valence-corrected chi connectivity index (χ0v) is 14.3. The lowest BCUT2D eigenvalue weighted by molar-refractivity contribution is -0.125. The molecule has 25 heavy (non-hydrogen) atoms. The van der Waals surface area contributed by atoms with Gasteiger partial charge in [-0.15, -0.1) is 0 Å². The highest BCUT2D eigenvalue weighted by Crippen LogP contribution is 2.39. The van der Waals surface area contributed by atoms with Crippen LogP contribution in [0.3, 0.4) is 0 Å². The van der Waals surface area contributed by atoms with Gasteiger partial charge in [-0.25, -0.2) is 9.78 Å². The van der Waals surface area contributed by atoms with E-state index in [4.69, 9.17) is 16.3 Å². The summed E-state index contributed by atoms with van der Waals surface area (Å²) in [6.07, 6.45) is 1.82. The van der Waals surface area contributed by atoms with Crippen LogP contribution in [0.15, 0.2) is 30.3 Å². The number of benzene rings is 1. The second-order valence-electron chi connectivity index (χ2n) is 6.22. The molecule has 1 aromatic heterocycles. The number of nitrogens with one attached hydrogen (secondary N) is 1. The Hall–Kier alpha value is -2.65. The number of rotatable bonds is 5. The maximum Gasteiger partial charge on any atom is 0.339 e. The van der Waals surface area contributed by atoms with Gasteiger partial charge < -0.3 is 10.1 Å². The molecular formula is C18H16ClN3O3. The van der Waals surface area contributed by atoms with Gasteiger partial charge in [0.05, 0.1) is 17.1 Å². The van der Waals surface area contributed by atoms with E-state index in [9.17, 15) is 14.9 Å². The zero-order chi connectivity index (χ0) is 18.0. The summed E-state index contributed by atoms with van der Waals surface area (Å²) < 4.78 is 5.10. The van der Waals surface area contributed by atoms with E-state index in [0.717, 1.165) is 12.8 Å². The van der Waals surface area contributed by atoms with Crippen molar-refractivity contribution in [1.29, 1.82) is 5.26 Å². The van der Waals surface area contributed by atoms with Gasteiger partial charge in [0.2, 0.25) is 0 Å². The van der Waals surface area contributed by atoms with E-state index in [1.165, 1.54) is 6.07 Å². The van der Waals surface area contributed by atoms with Crippen molar-refractivity contribution in [2.45, 2.75) is 25.3 Å². The number of pyridine rings is 1. The number of esters is 1. The molecule has 2 aromatic rings. The first-order chi connectivity index (χ1) is 11.9. The lowest BCUT2D eigenvalue weighted by Gasteiger charge is -2.22. The van der Waals surface area contributed by atoms with E-state index in [-0.39, 0.29) is 16.6 Å². The van der Waals surface area contributed by atoms with E-state index < -0.39 is 24.0 Å². The molecule has 0 aliphatic heterocycles. The molecule has 3 rings (SSSR count). The minimum Gasteiger partial charge on any atom is -0.452 e. The first kappa shape index (κ1) is 17.2. The number of nitriles is 1. The smallest absolute Gasteiger partial charge is 0.339 e. The number of para-hydroxylation sites is 1. The lowest BCUT2D eigenvalue weighted by Crippen LogP contribution is -2.48. The summed E-state index contributed by atoms with van der Waals surface area (Å²) in [5.74, 6) is -1.02. The van der Waals surface area contributed by atoms with E-state index in [0.29, 0.717) is 10.9 Å². The molecule has 1 amide bonds. The van der Waals surface area contributed by atoms with Crippen LogP contribution in [0.25, 0.3) is 10.9 Å². The molecular weight excluding hydrogens is 342 g/mol. The van der Waals surface area contributed by atoms with Gasteiger partial charge in [-0.05, 0) is 37.8 Å². The van der Waals surface area contributed by atoms with E-state index in [2.05, 4.69) is 16.4 Å². The van der Waals surface area contributed by atoms with Crippen molar-refractivity contribution in [1.82, 2.24) is 10.3 Å². The van der Waals surface area contributed by atoms with Crippen LogP contribution in [-0.4, -0.2) is 29.0 Å². The van der Waals surface area contributed by atoms with E-state index in [1.807, 2.05) is 0 Å². The Morgan fingerprint density at radius 1 is 1.44 bits per heavy atom. The molecule has 1 saturated carbocycles. The Morgan fingerprint density at radius 3 is 2.84 bits per heavy atom. The summed E-state index contributed by atoms with van der Waals surface area (Å²) in [4.78, 5) is 28.5. The molecule has 0 radical (unpaired) electrons. The Kier molecular flexibility index (Phi) is 4.60. The predicted octanol–water partition coefficient (Wildman–Crippen LogP) is 2.85. The topological polar surface area (TPSA) is 92.1 Å². The highest BCUT2D eigenvalue weighted by atomic mass is 35.5. The number of halogens is 1. The molecule has 0 saturated heterocycles. The number of amides is 1. The number of fused-ring (bicyclic) bond motifs is 1. The van der Waals surface area contributed by atoms with Gasteiger partial charge in [0.25, 0.3) is 5.91 Å². The Labute approximate surface area is 149 Å². The van der Waals surface area contributed by atoms with Gasteiger partial charge >= 0.3 is 5.97 Å². The van der Waals surface area contributed by atoms with Crippen LogP contribution in [0.1, 0.15) is 30.1 Å². The van der Waals surface area contributed by atoms with Crippen LogP contribution < -0.4 is 5.32 Å². The third-order valence-corrected chi connectivity index (χ3v) is 4.46. The fraction of sp³-hybridized carbons (Fsp3) is 0.333. The summed E-state index contributed by atoms with van der Waals surface area (Å²) in [6, 6.07) is 10.6. The molecule has 0 spiro atoms. The summed E-state index contributed by atoms with van der Waals surface area (Å²) in [7, 11) is 0. The van der Waals surface area contributed by atoms with Crippen molar-refractivity contribution in [3.05, 3.63) is 41.0 Å². The molecule has 1 atom stereocenters. The Morgan fingerprint density at radius 2 is 2.16 bits per heavy atom. The molecule has 1 fully saturated rings. The molecule has 0 unspecified atom stereocenters. The van der Waals surface area contributed by atoms with Crippen LogP contribution in [0, 0.1) is 17.2 Å². The standard InChI is InChI=1S/C18H16ClN3O3/c1-18(10-20,11-6-7-11)22-16(23)9-25-17(24)13-8-15(19)21-14-5-3-2-4-12(13)14/h2-5,8,11H,6-7,9H2,1H3,(H,22,23)/t18-/m1/s1. The molecule has 1 heterocycles. The normalized spacial score (nSPS) is 15.9. The van der Waals surface area contributed by atoms with Crippen molar-refractivity contribution in [3.8, 4) is 6.07 Å². The monoisotopic (exact) mass is 357 g/mol. The molecule has 0 bridgehead atoms. The maximum atomic E-state index is 12.3. The zero-order valence-electron chi connectivity index (χ0n) is 13.6. The van der Waals surface area contributed by atoms with Gasteiger partial charge in [0.1, 0.15) is 10.7 Å². The minimum absolute atomic E-state index is 0.153. The number of ether oxygens (including phenoxy) is 1. The lowest BCUT2D eigenvalue weighted by atomic mass is 9.98. The molecule has 1 aromatic carbocycles. The van der Waals surface area contributed by atoms with Gasteiger partial charge in [-0.2, -0.15) is 5.26 Å². The van der Waals surface area contributed by atoms with Crippen molar-refractivity contribution < 1.29 is 14.3 Å². The quantitative estimate of drug-likeness (QED) is 0.656. The van der Waals surface area contributed by atoms with Crippen LogP contribution in [-0.2, 0) is 9.53 Å². The number of hydrogen-bond donors (Lipinski definition) is 1. The SMILES string of the molecule is C[C@](C#N)(NC(=O)COC(=O)c1cc(Cl)nc2ccccc12)C1CC1. The van der Waals surface area contributed by atoms with Crippen molar-refractivity contribution >= 4 is 34.4 Å². The fourth-order valence-corrected chi connectivity index (χ4v) is 2.93. The number of carbonyl (C=O) groups excluding carboxylic acids is 2. The van der Waals surface area contributed by atoms with Crippen molar-refractivity contribution in [2.24, 2.45) is 5.92 Å². The number of carbonyl (C=O) groups is 2. The molecule has 7 heteroatoms. The van der Waals surface area contributed by atoms with Crippen molar-refractivity contribution in [3.63, 3.8) is 0 Å². The average molecular weight is 358 g/mol. The predicted molar refractivity (Wildman–Crippen MR) is 91.9 cm³/mol. The van der Waals surface area contributed by atoms with E-state index >= 15 is 0 Å². The first-order valence-electron chi connectivity index (χ1n) is 7.87. The first-order valence-corrected chi connectivity index (χ1v) is 8.25. The summed E-state index contributed by atoms with van der Waals surface area (Å²) >= 11 is 5.94. The minimum atomic E-state index is -0.920. The summed E-state index contributed by atoms with van der Waals surface area (Å²) in [5.41, 5.74) is -0.110. The molecule has 1 N–H and O–H groups in total. The number of aromatic nitrogens is 1. The molecule has 1 aliphatic rings. The van der Waals surface area contributed by atoms with Gasteiger partial charge in [-0.3, -0.25) is 4.79 Å². The Balaban J connectivity index is 1.69. The third kappa shape index (κ3) is 3.72. The third-order valence-electron chi connectivity index (χ3n) is 4.26. The summed E-state index contributed by atoms with van der Waals surface area (Å²) in [5, 5.41) is 12.7. The highest BCUT2D eigenvalue weighted by Gasteiger charge is 2.43. The average Bonchev–Trinajstić information content (AvgIpc) is 3.44. The second kappa shape index (κ2) is 6.69. The van der Waals surface area contributed by atoms with Crippen LogP contribution in [0.5, 0.6) is 0 Å².